The molecular weight excluding hydrogens is 1310 g/mol. The van der Waals surface area contributed by atoms with Gasteiger partial charge in [-0.15, -0.1) is 0 Å². The SMILES string of the molecule is C[C@@H]1[C@@H](C)C/C=C/[C@@](O)(c2ncccc2F)[C@@H]2CC[C@H]2CN2C[C@@]3(CCCc4cc(Cl)ccc43)COc3ccc(cc32)C(=O)NS1(=O)=O.C[C@@H]1[C@@H](C)C/C=C/[C@](O)(c2ncccc2F)[C@@H]2CC[C@H]2CN2C[C@@]3(CCCc4cc(Cl)ccc43)COc3ccc(cc32)C(=O)NS1(=O)=O. The number of pyridine rings is 2. The molecule has 508 valence electrons. The quantitative estimate of drug-likeness (QED) is 0.119. The van der Waals surface area contributed by atoms with Gasteiger partial charge in [0, 0.05) is 82.4 Å². The Hall–Kier alpha value is -6.94. The van der Waals surface area contributed by atoms with Gasteiger partial charge in [-0.05, 0) is 222 Å². The molecule has 6 aromatic rings. The van der Waals surface area contributed by atoms with E-state index in [1.807, 2.05) is 24.3 Å². The van der Waals surface area contributed by atoms with Crippen LogP contribution in [0.1, 0.15) is 146 Å². The van der Waals surface area contributed by atoms with Crippen molar-refractivity contribution in [2.75, 3.05) is 49.2 Å². The average Bonchev–Trinajstić information content (AvgIpc) is 1.17. The highest BCUT2D eigenvalue weighted by atomic mass is 35.5. The molecule has 2 saturated carbocycles. The van der Waals surface area contributed by atoms with E-state index in [-0.39, 0.29) is 57.0 Å². The first-order valence-electron chi connectivity index (χ1n) is 33.6. The largest absolute Gasteiger partial charge is 0.490 e. The van der Waals surface area contributed by atoms with Crippen molar-refractivity contribution < 1.29 is 54.9 Å². The van der Waals surface area contributed by atoms with Crippen LogP contribution in [-0.2, 0) is 54.9 Å². The number of aliphatic hydroxyl groups is 2. The zero-order valence-electron chi connectivity index (χ0n) is 54.3. The minimum atomic E-state index is -4.06. The zero-order chi connectivity index (χ0) is 67.7. The third kappa shape index (κ3) is 12.7. The molecule has 2 spiro atoms. The van der Waals surface area contributed by atoms with Gasteiger partial charge < -0.3 is 29.5 Å². The number of fused-ring (bicyclic) bond motifs is 8. The first-order valence-corrected chi connectivity index (χ1v) is 37.4. The van der Waals surface area contributed by atoms with E-state index >= 15 is 8.78 Å². The third-order valence-corrected chi connectivity index (χ3v) is 26.9. The molecule has 4 aliphatic heterocycles. The maximum Gasteiger partial charge on any atom is 0.264 e. The number of aryl methyl sites for hydroxylation is 2. The topological polar surface area (TPSA) is 218 Å². The number of amides is 2. The van der Waals surface area contributed by atoms with E-state index in [1.54, 1.807) is 88.4 Å². The minimum Gasteiger partial charge on any atom is -0.490 e. The monoisotopic (exact) mass is 1390 g/mol. The smallest absolute Gasteiger partial charge is 0.264 e. The maximum atomic E-state index is 15.4. The van der Waals surface area contributed by atoms with Crippen molar-refractivity contribution in [1.82, 2.24) is 19.4 Å². The minimum absolute atomic E-state index is 0.0332. The number of aromatic nitrogens is 2. The number of hydrogen-bond acceptors (Lipinski definition) is 14. The van der Waals surface area contributed by atoms with Crippen LogP contribution < -0.4 is 28.7 Å². The summed E-state index contributed by atoms with van der Waals surface area (Å²) in [5.41, 5.74) is 2.30. The lowest BCUT2D eigenvalue weighted by Gasteiger charge is -2.49. The highest BCUT2D eigenvalue weighted by Crippen LogP contribution is 2.54. The van der Waals surface area contributed by atoms with Crippen LogP contribution >= 0.6 is 23.2 Å². The fraction of sp³-hybridized carbons (Fsp3) is 0.459. The Morgan fingerprint density at radius 3 is 1.38 bits per heavy atom. The van der Waals surface area contributed by atoms with Crippen LogP contribution in [-0.4, -0.2) is 98.7 Å². The van der Waals surface area contributed by atoms with E-state index in [0.29, 0.717) is 98.0 Å². The molecule has 2 fully saturated rings. The maximum absolute atomic E-state index is 15.4. The summed E-state index contributed by atoms with van der Waals surface area (Å²) >= 11 is 12.8. The van der Waals surface area contributed by atoms with Crippen molar-refractivity contribution in [3.8, 4) is 11.5 Å². The average molecular weight is 1390 g/mol. The number of carbonyl (C=O) groups excluding carboxylic acids is 2. The molecule has 0 unspecified atom stereocenters. The van der Waals surface area contributed by atoms with Gasteiger partial charge in [0.25, 0.3) is 11.8 Å². The molecule has 6 heterocycles. The van der Waals surface area contributed by atoms with Gasteiger partial charge in [0.05, 0.1) is 35.1 Å². The molecule has 2 amide bonds. The summed E-state index contributed by atoms with van der Waals surface area (Å²) in [6.07, 6.45) is 18.7. The van der Waals surface area contributed by atoms with E-state index in [4.69, 9.17) is 32.7 Å². The molecule has 8 aliphatic rings. The number of benzene rings is 4. The lowest BCUT2D eigenvalue weighted by molar-refractivity contribution is -0.0555. The molecule has 4 N–H and O–H groups in total. The predicted molar refractivity (Wildman–Crippen MR) is 367 cm³/mol. The van der Waals surface area contributed by atoms with Crippen molar-refractivity contribution in [2.24, 2.45) is 35.5 Å². The molecule has 4 bridgehead atoms. The molecule has 0 saturated heterocycles. The summed E-state index contributed by atoms with van der Waals surface area (Å²) in [6.45, 7) is 9.67. The second-order valence-electron chi connectivity index (χ2n) is 28.4. The lowest BCUT2D eigenvalue weighted by Crippen LogP contribution is -2.52. The fourth-order valence-corrected chi connectivity index (χ4v) is 19.4. The number of nitrogens with zero attached hydrogens (tertiary/aromatic N) is 4. The summed E-state index contributed by atoms with van der Waals surface area (Å²) in [7, 11) is -8.11. The van der Waals surface area contributed by atoms with E-state index in [9.17, 15) is 36.6 Å². The van der Waals surface area contributed by atoms with Gasteiger partial charge in [-0.25, -0.2) is 35.1 Å². The van der Waals surface area contributed by atoms with Gasteiger partial charge in [-0.3, -0.25) is 19.6 Å². The van der Waals surface area contributed by atoms with Gasteiger partial charge in [0.2, 0.25) is 20.0 Å². The second-order valence-corrected chi connectivity index (χ2v) is 33.3. The van der Waals surface area contributed by atoms with Crippen molar-refractivity contribution in [2.45, 2.75) is 137 Å². The summed E-state index contributed by atoms with van der Waals surface area (Å²) < 4.78 is 102. The van der Waals surface area contributed by atoms with Crippen molar-refractivity contribution in [1.29, 1.82) is 0 Å². The van der Waals surface area contributed by atoms with Crippen molar-refractivity contribution in [3.05, 3.63) is 200 Å². The van der Waals surface area contributed by atoms with Gasteiger partial charge in [-0.2, -0.15) is 0 Å². The Bertz CT molecular complexity index is 4050. The highest BCUT2D eigenvalue weighted by molar-refractivity contribution is 7.91. The van der Waals surface area contributed by atoms with Gasteiger partial charge >= 0.3 is 0 Å². The van der Waals surface area contributed by atoms with Gasteiger partial charge in [0.15, 0.2) is 0 Å². The first-order chi connectivity index (χ1) is 45.8. The Morgan fingerprint density at radius 1 is 0.573 bits per heavy atom. The highest BCUT2D eigenvalue weighted by Gasteiger charge is 2.53. The number of rotatable bonds is 2. The van der Waals surface area contributed by atoms with E-state index < -0.39 is 77.0 Å². The number of sulfonamides is 2. The summed E-state index contributed by atoms with van der Waals surface area (Å²) in [6, 6.07) is 27.8. The van der Waals surface area contributed by atoms with Crippen molar-refractivity contribution in [3.63, 3.8) is 0 Å². The number of anilines is 2. The first kappa shape index (κ1) is 67.6. The van der Waals surface area contributed by atoms with Crippen LogP contribution in [0, 0.1) is 47.1 Å². The van der Waals surface area contributed by atoms with Crippen molar-refractivity contribution >= 4 is 66.4 Å². The molecule has 14 rings (SSSR count). The molecule has 0 radical (unpaired) electrons. The van der Waals surface area contributed by atoms with Gasteiger partial charge in [-0.1, -0.05) is 73.5 Å². The van der Waals surface area contributed by atoms with E-state index in [2.05, 4.69) is 41.3 Å². The Kier molecular flexibility index (Phi) is 18.6. The standard InChI is InChI=1S/2C37H41ClFN3O5S/c2*1-23-6-3-16-37(44,34-31(39)8-5-17-40-34)30-12-9-27(30)20-42-21-36(15-4-7-25-18-28(38)11-13-29(25)36)22-47-33-14-10-26(19-32(33)42)35(43)41-48(45,46)24(23)2/h2*3,5,8,10-11,13-14,16-19,23-24,27,30,44H,4,6-7,9,12,15,20-22H2,1-2H3,(H,41,43)/b2*16-3+/t23-,24+,27-,30+,36-,37+;23-,24+,27-,30+,36-,37-/m00/s1. The van der Waals surface area contributed by atoms with Crippen LogP contribution in [0.3, 0.4) is 0 Å². The van der Waals surface area contributed by atoms with Crippen LogP contribution in [0.25, 0.3) is 0 Å². The summed E-state index contributed by atoms with van der Waals surface area (Å²) in [5.74, 6) is -2.99. The van der Waals surface area contributed by atoms with Crippen LogP contribution in [0.5, 0.6) is 11.5 Å². The van der Waals surface area contributed by atoms with Crippen LogP contribution in [0.15, 0.2) is 134 Å². The molecule has 4 aliphatic carbocycles. The third-order valence-electron chi connectivity index (χ3n) is 22.6. The Labute approximate surface area is 571 Å². The normalized spacial score (nSPS) is 32.1. The molecule has 12 atom stereocenters. The molecule has 96 heavy (non-hydrogen) atoms. The zero-order valence-corrected chi connectivity index (χ0v) is 57.5. The number of ether oxygens (including phenoxy) is 2. The van der Waals surface area contributed by atoms with E-state index in [0.717, 1.165) is 51.4 Å². The summed E-state index contributed by atoms with van der Waals surface area (Å²) in [4.78, 5) is 40.1. The van der Waals surface area contributed by atoms with Gasteiger partial charge in [0.1, 0.15) is 45.7 Å². The number of hydrogen-bond donors (Lipinski definition) is 4. The number of allylic oxidation sites excluding steroid dienone is 2. The molecule has 16 nitrogen and oxygen atoms in total. The van der Waals surface area contributed by atoms with Crippen LogP contribution in [0.2, 0.25) is 10.0 Å². The number of halogens is 4. The predicted octanol–water partition coefficient (Wildman–Crippen LogP) is 12.6. The van der Waals surface area contributed by atoms with Crippen LogP contribution in [0.4, 0.5) is 20.2 Å². The lowest BCUT2D eigenvalue weighted by atomic mass is 9.63. The molecule has 4 aromatic carbocycles. The molecule has 2 aromatic heterocycles. The fourth-order valence-electron chi connectivity index (χ4n) is 16.4. The number of carbonyl (C=O) groups is 2. The number of nitrogens with one attached hydrogen (secondary N) is 2. The Balaban J connectivity index is 0.000000174. The Morgan fingerprint density at radius 2 is 0.990 bits per heavy atom. The van der Waals surface area contributed by atoms with E-state index in [1.165, 1.54) is 58.9 Å². The summed E-state index contributed by atoms with van der Waals surface area (Å²) in [5, 5.41) is 24.4. The second kappa shape index (κ2) is 26.4. The molecular formula is C74H82Cl2F2N6O10S2. The molecule has 22 heteroatoms.